The van der Waals surface area contributed by atoms with E-state index in [0.717, 1.165) is 12.8 Å². The summed E-state index contributed by atoms with van der Waals surface area (Å²) < 4.78 is 0. The average Bonchev–Trinajstić information content (AvgIpc) is 2.49. The first-order chi connectivity index (χ1) is 10.1. The summed E-state index contributed by atoms with van der Waals surface area (Å²) in [4.78, 5) is 28.4. The first kappa shape index (κ1) is 16.9. The number of hydrogen-bond donors (Lipinski definition) is 3. The lowest BCUT2D eigenvalue weighted by molar-refractivity contribution is 0.0696. The van der Waals surface area contributed by atoms with E-state index in [-0.39, 0.29) is 31.3 Å². The van der Waals surface area contributed by atoms with Crippen LogP contribution in [-0.2, 0) is 6.54 Å². The van der Waals surface area contributed by atoms with Gasteiger partial charge in [-0.2, -0.15) is 0 Å². The van der Waals surface area contributed by atoms with Gasteiger partial charge in [0.25, 0.3) is 0 Å². The van der Waals surface area contributed by atoms with Gasteiger partial charge in [0, 0.05) is 19.3 Å². The van der Waals surface area contributed by atoms with Crippen LogP contribution in [0.1, 0.15) is 35.8 Å². The van der Waals surface area contributed by atoms with Gasteiger partial charge in [0.2, 0.25) is 0 Å². The van der Waals surface area contributed by atoms with Crippen LogP contribution in [-0.4, -0.2) is 51.8 Å². The maximum absolute atomic E-state index is 12.0. The van der Waals surface area contributed by atoms with Gasteiger partial charge in [-0.3, -0.25) is 4.98 Å². The summed E-state index contributed by atoms with van der Waals surface area (Å²) in [5.41, 5.74) is 0.607. The second-order valence-electron chi connectivity index (χ2n) is 4.56. The van der Waals surface area contributed by atoms with Crippen LogP contribution in [0.25, 0.3) is 0 Å². The molecule has 1 heterocycles. The number of hydrogen-bond acceptors (Lipinski definition) is 4. The minimum atomic E-state index is -1.03. The van der Waals surface area contributed by atoms with E-state index in [1.54, 1.807) is 0 Å². The van der Waals surface area contributed by atoms with Crippen molar-refractivity contribution in [2.75, 3.05) is 19.7 Å². The maximum Gasteiger partial charge on any atom is 0.335 e. The number of rotatable bonds is 8. The Hall–Kier alpha value is -2.15. The van der Waals surface area contributed by atoms with Gasteiger partial charge in [0.05, 0.1) is 24.4 Å². The van der Waals surface area contributed by atoms with Crippen LogP contribution in [0, 0.1) is 0 Å². The SMILES string of the molecule is CCCCN(CCO)C(=O)NCc1cc(C(=O)O)ccn1. The van der Waals surface area contributed by atoms with Gasteiger partial charge in [-0.15, -0.1) is 0 Å². The lowest BCUT2D eigenvalue weighted by Gasteiger charge is -2.21. The fourth-order valence-electron chi connectivity index (χ4n) is 1.77. The molecule has 116 valence electrons. The van der Waals surface area contributed by atoms with E-state index in [0.29, 0.717) is 12.2 Å². The number of carboxylic acid groups (broad SMARTS) is 1. The molecule has 0 saturated carbocycles. The normalized spacial score (nSPS) is 10.2. The molecule has 0 unspecified atom stereocenters. The summed E-state index contributed by atoms with van der Waals surface area (Å²) in [5.74, 6) is -1.03. The number of unbranched alkanes of at least 4 members (excludes halogenated alkanes) is 1. The minimum Gasteiger partial charge on any atom is -0.478 e. The summed E-state index contributed by atoms with van der Waals surface area (Å²) in [7, 11) is 0. The number of carboxylic acids is 1. The fraction of sp³-hybridized carbons (Fsp3) is 0.500. The Balaban J connectivity index is 2.57. The van der Waals surface area contributed by atoms with Crippen molar-refractivity contribution in [2.45, 2.75) is 26.3 Å². The van der Waals surface area contributed by atoms with Gasteiger partial charge >= 0.3 is 12.0 Å². The Bertz CT molecular complexity index is 479. The standard InChI is InChI=1S/C14H21N3O4/c1-2-3-6-17(7-8-18)14(21)16-10-12-9-11(13(19)20)4-5-15-12/h4-5,9,18H,2-3,6-8,10H2,1H3,(H,16,21)(H,19,20). The van der Waals surface area contributed by atoms with E-state index in [1.165, 1.54) is 23.2 Å². The number of aromatic carboxylic acids is 1. The molecule has 7 heteroatoms. The number of aliphatic hydroxyl groups excluding tert-OH is 1. The van der Waals surface area contributed by atoms with E-state index in [9.17, 15) is 9.59 Å². The number of aromatic nitrogens is 1. The molecule has 0 bridgehead atoms. The van der Waals surface area contributed by atoms with Crippen molar-refractivity contribution in [1.29, 1.82) is 0 Å². The van der Waals surface area contributed by atoms with Gasteiger partial charge in [-0.1, -0.05) is 13.3 Å². The molecule has 2 amide bonds. The van der Waals surface area contributed by atoms with Crippen molar-refractivity contribution >= 4 is 12.0 Å². The van der Waals surface area contributed by atoms with Gasteiger partial charge in [0.15, 0.2) is 0 Å². The van der Waals surface area contributed by atoms with Crippen LogP contribution >= 0.6 is 0 Å². The molecule has 0 radical (unpaired) electrons. The summed E-state index contributed by atoms with van der Waals surface area (Å²) in [6.45, 7) is 2.92. The summed E-state index contributed by atoms with van der Waals surface area (Å²) in [5, 5.41) is 20.5. The molecule has 3 N–H and O–H groups in total. The summed E-state index contributed by atoms with van der Waals surface area (Å²) in [6, 6.07) is 2.53. The highest BCUT2D eigenvalue weighted by Crippen LogP contribution is 2.02. The molecule has 7 nitrogen and oxygen atoms in total. The molecule has 21 heavy (non-hydrogen) atoms. The molecule has 0 spiro atoms. The highest BCUT2D eigenvalue weighted by molar-refractivity contribution is 5.87. The highest BCUT2D eigenvalue weighted by atomic mass is 16.4. The van der Waals surface area contributed by atoms with E-state index in [1.807, 2.05) is 6.92 Å². The van der Waals surface area contributed by atoms with E-state index in [4.69, 9.17) is 10.2 Å². The first-order valence-electron chi connectivity index (χ1n) is 6.90. The van der Waals surface area contributed by atoms with Gasteiger partial charge < -0.3 is 20.4 Å². The molecule has 0 aliphatic heterocycles. The van der Waals surface area contributed by atoms with Gasteiger partial charge in [-0.25, -0.2) is 9.59 Å². The molecule has 0 aromatic carbocycles. The summed E-state index contributed by atoms with van der Waals surface area (Å²) >= 11 is 0. The van der Waals surface area contributed by atoms with E-state index < -0.39 is 5.97 Å². The second kappa shape index (κ2) is 8.91. The number of nitrogens with zero attached hydrogens (tertiary/aromatic N) is 2. The largest absolute Gasteiger partial charge is 0.478 e. The molecule has 0 aliphatic rings. The Morgan fingerprint density at radius 3 is 2.76 bits per heavy atom. The number of carbonyl (C=O) groups is 2. The van der Waals surface area contributed by atoms with Gasteiger partial charge in [0.1, 0.15) is 0 Å². The van der Waals surface area contributed by atoms with Crippen LogP contribution in [0.5, 0.6) is 0 Å². The molecule has 1 rings (SSSR count). The Labute approximate surface area is 123 Å². The molecule has 0 atom stereocenters. The Kier molecular flexibility index (Phi) is 7.17. The predicted molar refractivity (Wildman–Crippen MR) is 77.0 cm³/mol. The molecular weight excluding hydrogens is 274 g/mol. The van der Waals surface area contributed by atoms with E-state index in [2.05, 4.69) is 10.3 Å². The van der Waals surface area contributed by atoms with Crippen molar-refractivity contribution in [1.82, 2.24) is 15.2 Å². The van der Waals surface area contributed by atoms with Crippen LogP contribution < -0.4 is 5.32 Å². The zero-order chi connectivity index (χ0) is 15.7. The topological polar surface area (TPSA) is 103 Å². The van der Waals surface area contributed by atoms with Crippen LogP contribution in [0.15, 0.2) is 18.3 Å². The smallest absolute Gasteiger partial charge is 0.335 e. The Morgan fingerprint density at radius 2 is 2.14 bits per heavy atom. The Morgan fingerprint density at radius 1 is 1.38 bits per heavy atom. The van der Waals surface area contributed by atoms with Crippen LogP contribution in [0.2, 0.25) is 0 Å². The molecule has 0 saturated heterocycles. The third-order valence-electron chi connectivity index (χ3n) is 2.92. The highest BCUT2D eigenvalue weighted by Gasteiger charge is 2.12. The average molecular weight is 295 g/mol. The predicted octanol–water partition coefficient (Wildman–Crippen LogP) is 1.08. The van der Waals surface area contributed by atoms with Crippen molar-refractivity contribution < 1.29 is 19.8 Å². The second-order valence-corrected chi connectivity index (χ2v) is 4.56. The van der Waals surface area contributed by atoms with Crippen molar-refractivity contribution in [3.8, 4) is 0 Å². The quantitative estimate of drug-likeness (QED) is 0.666. The maximum atomic E-state index is 12.0. The fourth-order valence-corrected chi connectivity index (χ4v) is 1.77. The van der Waals surface area contributed by atoms with Gasteiger partial charge in [-0.05, 0) is 18.6 Å². The monoisotopic (exact) mass is 295 g/mol. The third kappa shape index (κ3) is 5.78. The van der Waals surface area contributed by atoms with Crippen LogP contribution in [0.3, 0.4) is 0 Å². The zero-order valence-electron chi connectivity index (χ0n) is 12.1. The lowest BCUT2D eigenvalue weighted by Crippen LogP contribution is -2.41. The van der Waals surface area contributed by atoms with Crippen molar-refractivity contribution in [2.24, 2.45) is 0 Å². The molecular formula is C14H21N3O4. The van der Waals surface area contributed by atoms with Crippen molar-refractivity contribution in [3.63, 3.8) is 0 Å². The number of carbonyl (C=O) groups excluding carboxylic acids is 1. The zero-order valence-corrected chi connectivity index (χ0v) is 12.1. The third-order valence-corrected chi connectivity index (χ3v) is 2.92. The van der Waals surface area contributed by atoms with E-state index >= 15 is 0 Å². The summed E-state index contributed by atoms with van der Waals surface area (Å²) in [6.07, 6.45) is 3.21. The molecule has 1 aromatic rings. The number of aliphatic hydroxyl groups is 1. The van der Waals surface area contributed by atoms with Crippen LogP contribution in [0.4, 0.5) is 4.79 Å². The number of urea groups is 1. The number of nitrogens with one attached hydrogen (secondary N) is 1. The first-order valence-corrected chi connectivity index (χ1v) is 6.90. The minimum absolute atomic E-state index is 0.0934. The lowest BCUT2D eigenvalue weighted by atomic mass is 10.2. The molecule has 0 aliphatic carbocycles. The molecule has 1 aromatic heterocycles. The molecule has 0 fully saturated rings. The van der Waals surface area contributed by atoms with Crippen molar-refractivity contribution in [3.05, 3.63) is 29.6 Å². The number of amides is 2. The number of pyridine rings is 1.